The number of hydrogen-bond donors (Lipinski definition) is 1. The first-order chi connectivity index (χ1) is 9.47. The third-order valence-corrected chi connectivity index (χ3v) is 4.96. The van der Waals surface area contributed by atoms with Gasteiger partial charge in [-0.1, -0.05) is 13.8 Å². The Hall–Kier alpha value is -1.36. The quantitative estimate of drug-likeness (QED) is 0.853. The van der Waals surface area contributed by atoms with Gasteiger partial charge in [-0.2, -0.15) is 0 Å². The van der Waals surface area contributed by atoms with E-state index < -0.39 is 0 Å². The summed E-state index contributed by atoms with van der Waals surface area (Å²) in [5.41, 5.74) is 1.99. The van der Waals surface area contributed by atoms with Crippen molar-refractivity contribution < 1.29 is 9.13 Å². The molecule has 1 fully saturated rings. The SMILES string of the molecule is COc1cc2c(cc1F)[nH]c(=S)n2CC1(C(C)C)CC1. The van der Waals surface area contributed by atoms with Gasteiger partial charge < -0.3 is 14.3 Å². The lowest BCUT2D eigenvalue weighted by atomic mass is 9.92. The van der Waals surface area contributed by atoms with Crippen LogP contribution in [0.1, 0.15) is 26.7 Å². The van der Waals surface area contributed by atoms with Crippen molar-refractivity contribution in [3.63, 3.8) is 0 Å². The minimum absolute atomic E-state index is 0.259. The molecule has 1 saturated carbocycles. The smallest absolute Gasteiger partial charge is 0.178 e. The number of methoxy groups -OCH3 is 1. The standard InChI is InChI=1S/C15H19FN2OS/c1-9(2)15(4-5-15)8-18-12-7-13(19-3)10(16)6-11(12)17-14(18)20/h6-7,9H,4-5,8H2,1-3H3,(H,17,20). The van der Waals surface area contributed by atoms with E-state index in [-0.39, 0.29) is 11.6 Å². The monoisotopic (exact) mass is 294 g/mol. The summed E-state index contributed by atoms with van der Waals surface area (Å²) in [6, 6.07) is 3.18. The highest BCUT2D eigenvalue weighted by Gasteiger charge is 2.45. The van der Waals surface area contributed by atoms with Crippen LogP contribution in [0.5, 0.6) is 5.75 Å². The Morgan fingerprint density at radius 1 is 1.45 bits per heavy atom. The highest BCUT2D eigenvalue weighted by molar-refractivity contribution is 7.71. The van der Waals surface area contributed by atoms with Crippen molar-refractivity contribution in [2.45, 2.75) is 33.2 Å². The second kappa shape index (κ2) is 4.58. The van der Waals surface area contributed by atoms with Crippen molar-refractivity contribution in [1.82, 2.24) is 9.55 Å². The second-order valence-corrected chi connectivity index (χ2v) is 6.42. The van der Waals surface area contributed by atoms with Crippen molar-refractivity contribution in [2.75, 3.05) is 7.11 Å². The van der Waals surface area contributed by atoms with Gasteiger partial charge in [-0.05, 0) is 36.4 Å². The van der Waals surface area contributed by atoms with E-state index in [9.17, 15) is 4.39 Å². The molecule has 0 spiro atoms. The predicted molar refractivity (Wildman–Crippen MR) is 80.1 cm³/mol. The fraction of sp³-hybridized carbons (Fsp3) is 0.533. The van der Waals surface area contributed by atoms with E-state index in [0.29, 0.717) is 16.1 Å². The topological polar surface area (TPSA) is 29.9 Å². The van der Waals surface area contributed by atoms with Crippen molar-refractivity contribution >= 4 is 23.3 Å². The molecule has 3 rings (SSSR count). The molecule has 0 aliphatic heterocycles. The van der Waals surface area contributed by atoms with E-state index in [4.69, 9.17) is 17.0 Å². The number of benzene rings is 1. The Kier molecular flexibility index (Phi) is 3.12. The first-order valence-corrected chi connectivity index (χ1v) is 7.34. The molecular weight excluding hydrogens is 275 g/mol. The number of nitrogens with zero attached hydrogens (tertiary/aromatic N) is 1. The van der Waals surface area contributed by atoms with Crippen LogP contribution in [0, 0.1) is 21.9 Å². The first-order valence-electron chi connectivity index (χ1n) is 6.93. The first kappa shape index (κ1) is 13.6. The molecule has 108 valence electrons. The van der Waals surface area contributed by atoms with Crippen LogP contribution in [-0.2, 0) is 6.54 Å². The third-order valence-electron chi connectivity index (χ3n) is 4.64. The lowest BCUT2D eigenvalue weighted by Gasteiger charge is -2.20. The zero-order chi connectivity index (χ0) is 14.5. The van der Waals surface area contributed by atoms with Gasteiger partial charge in [0.25, 0.3) is 0 Å². The Balaban J connectivity index is 2.11. The summed E-state index contributed by atoms with van der Waals surface area (Å²) in [5.74, 6) is 0.514. The molecular formula is C15H19FN2OS. The Morgan fingerprint density at radius 2 is 2.15 bits per heavy atom. The van der Waals surface area contributed by atoms with Gasteiger partial charge >= 0.3 is 0 Å². The molecule has 3 nitrogen and oxygen atoms in total. The highest BCUT2D eigenvalue weighted by Crippen LogP contribution is 2.53. The number of H-pyrrole nitrogens is 1. The van der Waals surface area contributed by atoms with Gasteiger partial charge in [-0.25, -0.2) is 4.39 Å². The summed E-state index contributed by atoms with van der Waals surface area (Å²) in [6.07, 6.45) is 2.47. The summed E-state index contributed by atoms with van der Waals surface area (Å²) >= 11 is 5.40. The number of aromatic nitrogens is 2. The molecule has 2 aromatic rings. The van der Waals surface area contributed by atoms with Gasteiger partial charge in [0.2, 0.25) is 0 Å². The van der Waals surface area contributed by atoms with Crippen LogP contribution in [0.2, 0.25) is 0 Å². The van der Waals surface area contributed by atoms with Crippen LogP contribution in [-0.4, -0.2) is 16.7 Å². The van der Waals surface area contributed by atoms with Gasteiger partial charge in [0.05, 0.1) is 18.1 Å². The van der Waals surface area contributed by atoms with Crippen molar-refractivity contribution in [1.29, 1.82) is 0 Å². The van der Waals surface area contributed by atoms with E-state index in [1.807, 2.05) is 0 Å². The maximum atomic E-state index is 13.8. The number of halogens is 1. The molecule has 1 aliphatic rings. The third kappa shape index (κ3) is 2.04. The normalized spacial score (nSPS) is 16.9. The fourth-order valence-electron chi connectivity index (χ4n) is 2.87. The Labute approximate surface area is 122 Å². The number of nitrogens with one attached hydrogen (secondary N) is 1. The molecule has 0 radical (unpaired) electrons. The average molecular weight is 294 g/mol. The molecule has 0 unspecified atom stereocenters. The molecule has 0 atom stereocenters. The lowest BCUT2D eigenvalue weighted by molar-refractivity contribution is 0.311. The summed E-state index contributed by atoms with van der Waals surface area (Å²) in [7, 11) is 1.48. The molecule has 0 bridgehead atoms. The summed E-state index contributed by atoms with van der Waals surface area (Å²) in [6.45, 7) is 5.40. The molecule has 0 amide bonds. The number of hydrogen-bond acceptors (Lipinski definition) is 2. The number of ether oxygens (including phenoxy) is 1. The average Bonchev–Trinajstić information content (AvgIpc) is 3.12. The summed E-state index contributed by atoms with van der Waals surface area (Å²) in [4.78, 5) is 3.09. The zero-order valence-electron chi connectivity index (χ0n) is 12.0. The molecule has 1 aliphatic carbocycles. The molecule has 20 heavy (non-hydrogen) atoms. The maximum Gasteiger partial charge on any atom is 0.178 e. The summed E-state index contributed by atoms with van der Waals surface area (Å²) < 4.78 is 21.6. The van der Waals surface area contributed by atoms with Crippen LogP contribution in [0.15, 0.2) is 12.1 Å². The maximum absolute atomic E-state index is 13.8. The van der Waals surface area contributed by atoms with Crippen molar-refractivity contribution in [3.05, 3.63) is 22.7 Å². The zero-order valence-corrected chi connectivity index (χ0v) is 12.8. The minimum Gasteiger partial charge on any atom is -0.494 e. The number of imidazole rings is 1. The minimum atomic E-state index is -0.367. The lowest BCUT2D eigenvalue weighted by Crippen LogP contribution is -2.17. The highest BCUT2D eigenvalue weighted by atomic mass is 32.1. The number of fused-ring (bicyclic) bond motifs is 1. The van der Waals surface area contributed by atoms with Crippen LogP contribution in [0.4, 0.5) is 4.39 Å². The second-order valence-electron chi connectivity index (χ2n) is 6.04. The predicted octanol–water partition coefficient (Wildman–Crippen LogP) is 4.28. The van der Waals surface area contributed by atoms with Gasteiger partial charge in [-0.15, -0.1) is 0 Å². The Morgan fingerprint density at radius 3 is 2.70 bits per heavy atom. The van der Waals surface area contributed by atoms with E-state index >= 15 is 0 Å². The van der Waals surface area contributed by atoms with Crippen LogP contribution in [0.3, 0.4) is 0 Å². The largest absolute Gasteiger partial charge is 0.494 e. The van der Waals surface area contributed by atoms with Crippen molar-refractivity contribution in [3.8, 4) is 5.75 Å². The molecule has 0 saturated heterocycles. The van der Waals surface area contributed by atoms with Crippen LogP contribution in [0.25, 0.3) is 11.0 Å². The Bertz CT molecular complexity index is 712. The van der Waals surface area contributed by atoms with Gasteiger partial charge in [-0.3, -0.25) is 0 Å². The molecule has 1 heterocycles. The van der Waals surface area contributed by atoms with Gasteiger partial charge in [0.1, 0.15) is 0 Å². The molecule has 1 N–H and O–H groups in total. The molecule has 1 aromatic carbocycles. The fourth-order valence-corrected chi connectivity index (χ4v) is 3.14. The van der Waals surface area contributed by atoms with E-state index in [1.165, 1.54) is 26.0 Å². The number of aromatic amines is 1. The van der Waals surface area contributed by atoms with Gasteiger partial charge in [0.15, 0.2) is 16.3 Å². The summed E-state index contributed by atoms with van der Waals surface area (Å²) in [5, 5.41) is 0. The van der Waals surface area contributed by atoms with E-state index in [0.717, 1.165) is 17.6 Å². The van der Waals surface area contributed by atoms with E-state index in [1.54, 1.807) is 6.07 Å². The van der Waals surface area contributed by atoms with Crippen LogP contribution < -0.4 is 4.74 Å². The molecule has 5 heteroatoms. The van der Waals surface area contributed by atoms with Gasteiger partial charge in [0, 0.05) is 18.7 Å². The van der Waals surface area contributed by atoms with Crippen molar-refractivity contribution in [2.24, 2.45) is 11.3 Å². The van der Waals surface area contributed by atoms with E-state index in [2.05, 4.69) is 23.4 Å². The van der Waals surface area contributed by atoms with Crippen LogP contribution >= 0.6 is 12.2 Å². The molecule has 1 aromatic heterocycles. The number of rotatable bonds is 4.